The van der Waals surface area contributed by atoms with E-state index in [-0.39, 0.29) is 0 Å². The van der Waals surface area contributed by atoms with E-state index in [0.717, 1.165) is 44.3 Å². The SMILES string of the molecule is N#Cc1cccc(-n2c3ccc(C#N)cc3c3ccc(-c4cccc(-n5c6ccccc6c6ccccc65)c4)cc32)c1. The zero-order valence-corrected chi connectivity index (χ0v) is 22.5. The molecule has 6 aromatic carbocycles. The largest absolute Gasteiger partial charge is 0.309 e. The number of hydrogen-bond acceptors (Lipinski definition) is 2. The summed E-state index contributed by atoms with van der Waals surface area (Å²) >= 11 is 0. The monoisotopic (exact) mass is 534 g/mol. The Hall–Kier alpha value is -6.10. The van der Waals surface area contributed by atoms with Gasteiger partial charge in [-0.05, 0) is 77.9 Å². The number of nitrogens with zero attached hydrogens (tertiary/aromatic N) is 4. The molecule has 0 saturated heterocycles. The lowest BCUT2D eigenvalue weighted by Gasteiger charge is -2.12. The Bertz CT molecular complexity index is 2390. The Morgan fingerprint density at radius 1 is 0.381 bits per heavy atom. The van der Waals surface area contributed by atoms with Gasteiger partial charge in [-0.15, -0.1) is 0 Å². The van der Waals surface area contributed by atoms with Crippen LogP contribution in [0.4, 0.5) is 0 Å². The minimum Gasteiger partial charge on any atom is -0.309 e. The molecule has 0 fully saturated rings. The summed E-state index contributed by atoms with van der Waals surface area (Å²) < 4.78 is 4.52. The number of hydrogen-bond donors (Lipinski definition) is 0. The van der Waals surface area contributed by atoms with Crippen LogP contribution in [0.5, 0.6) is 0 Å². The Morgan fingerprint density at radius 2 is 0.952 bits per heavy atom. The molecule has 2 heterocycles. The van der Waals surface area contributed by atoms with E-state index in [2.05, 4.69) is 112 Å². The van der Waals surface area contributed by atoms with Crippen molar-refractivity contribution >= 4 is 43.6 Å². The lowest BCUT2D eigenvalue weighted by atomic mass is 10.0. The first-order valence-electron chi connectivity index (χ1n) is 13.8. The maximum atomic E-state index is 9.60. The van der Waals surface area contributed by atoms with Crippen molar-refractivity contribution in [1.82, 2.24) is 9.13 Å². The summed E-state index contributed by atoms with van der Waals surface area (Å²) in [5, 5.41) is 23.7. The number of rotatable bonds is 3. The van der Waals surface area contributed by atoms with Crippen molar-refractivity contribution in [2.24, 2.45) is 0 Å². The van der Waals surface area contributed by atoms with E-state index in [4.69, 9.17) is 0 Å². The molecule has 194 valence electrons. The number of benzene rings is 6. The third kappa shape index (κ3) is 3.53. The number of para-hydroxylation sites is 2. The predicted molar refractivity (Wildman–Crippen MR) is 170 cm³/mol. The van der Waals surface area contributed by atoms with Crippen LogP contribution in [0.1, 0.15) is 11.1 Å². The van der Waals surface area contributed by atoms with Crippen LogP contribution in [0.15, 0.2) is 133 Å². The molecule has 2 aromatic heterocycles. The summed E-state index contributed by atoms with van der Waals surface area (Å²) in [7, 11) is 0. The van der Waals surface area contributed by atoms with Crippen LogP contribution >= 0.6 is 0 Å². The summed E-state index contributed by atoms with van der Waals surface area (Å²) in [6.07, 6.45) is 0. The lowest BCUT2D eigenvalue weighted by Crippen LogP contribution is -1.95. The van der Waals surface area contributed by atoms with Crippen molar-refractivity contribution in [3.8, 4) is 34.6 Å². The van der Waals surface area contributed by atoms with Gasteiger partial charge in [-0.2, -0.15) is 10.5 Å². The molecule has 0 N–H and O–H groups in total. The van der Waals surface area contributed by atoms with Crippen molar-refractivity contribution in [3.05, 3.63) is 145 Å². The molecular formula is C38H22N4. The molecule has 4 heteroatoms. The Balaban J connectivity index is 1.36. The van der Waals surface area contributed by atoms with Gasteiger partial charge in [-0.3, -0.25) is 0 Å². The van der Waals surface area contributed by atoms with Crippen molar-refractivity contribution in [1.29, 1.82) is 10.5 Å². The second kappa shape index (κ2) is 9.24. The van der Waals surface area contributed by atoms with Crippen LogP contribution in [0, 0.1) is 22.7 Å². The van der Waals surface area contributed by atoms with Crippen LogP contribution in [0.3, 0.4) is 0 Å². The van der Waals surface area contributed by atoms with Gasteiger partial charge in [-0.25, -0.2) is 0 Å². The molecule has 0 bridgehead atoms. The second-order valence-corrected chi connectivity index (χ2v) is 10.5. The summed E-state index contributed by atoms with van der Waals surface area (Å²) in [4.78, 5) is 0. The fourth-order valence-electron chi connectivity index (χ4n) is 6.29. The van der Waals surface area contributed by atoms with Gasteiger partial charge in [0.15, 0.2) is 0 Å². The maximum Gasteiger partial charge on any atom is 0.0992 e. The number of fused-ring (bicyclic) bond motifs is 6. The first kappa shape index (κ1) is 23.8. The van der Waals surface area contributed by atoms with Crippen LogP contribution in [0.2, 0.25) is 0 Å². The first-order valence-corrected chi connectivity index (χ1v) is 13.8. The van der Waals surface area contributed by atoms with E-state index in [1.54, 1.807) is 0 Å². The molecule has 0 aliphatic rings. The Labute approximate surface area is 242 Å². The quantitative estimate of drug-likeness (QED) is 0.227. The minimum absolute atomic E-state index is 0.603. The zero-order chi connectivity index (χ0) is 28.2. The summed E-state index contributed by atoms with van der Waals surface area (Å²) in [6.45, 7) is 0. The highest BCUT2D eigenvalue weighted by Crippen LogP contribution is 2.37. The van der Waals surface area contributed by atoms with Gasteiger partial charge in [0, 0.05) is 32.9 Å². The average molecular weight is 535 g/mol. The van der Waals surface area contributed by atoms with Crippen LogP contribution in [-0.4, -0.2) is 9.13 Å². The van der Waals surface area contributed by atoms with Gasteiger partial charge in [0.05, 0.1) is 45.3 Å². The fourth-order valence-corrected chi connectivity index (χ4v) is 6.29. The van der Waals surface area contributed by atoms with Crippen molar-refractivity contribution < 1.29 is 0 Å². The van der Waals surface area contributed by atoms with Gasteiger partial charge in [0.2, 0.25) is 0 Å². The molecule has 8 rings (SSSR count). The van der Waals surface area contributed by atoms with Gasteiger partial charge >= 0.3 is 0 Å². The topological polar surface area (TPSA) is 57.4 Å². The second-order valence-electron chi connectivity index (χ2n) is 10.5. The summed E-state index contributed by atoms with van der Waals surface area (Å²) in [6, 6.07) is 50.3. The number of nitriles is 2. The van der Waals surface area contributed by atoms with Crippen LogP contribution < -0.4 is 0 Å². The third-order valence-electron chi connectivity index (χ3n) is 8.15. The van der Waals surface area contributed by atoms with Crippen molar-refractivity contribution in [2.45, 2.75) is 0 Å². The molecule has 0 amide bonds. The fraction of sp³-hybridized carbons (Fsp3) is 0. The summed E-state index contributed by atoms with van der Waals surface area (Å²) in [5.41, 5.74) is 9.81. The van der Waals surface area contributed by atoms with Gasteiger partial charge in [0.25, 0.3) is 0 Å². The van der Waals surface area contributed by atoms with E-state index in [1.807, 2.05) is 42.5 Å². The maximum absolute atomic E-state index is 9.60. The molecule has 0 aliphatic carbocycles. The highest BCUT2D eigenvalue weighted by atomic mass is 15.0. The molecule has 4 nitrogen and oxygen atoms in total. The van der Waals surface area contributed by atoms with Crippen molar-refractivity contribution in [2.75, 3.05) is 0 Å². The smallest absolute Gasteiger partial charge is 0.0992 e. The van der Waals surface area contributed by atoms with Gasteiger partial charge in [0.1, 0.15) is 0 Å². The normalized spacial score (nSPS) is 11.3. The molecule has 0 saturated carbocycles. The molecular weight excluding hydrogens is 512 g/mol. The van der Waals surface area contributed by atoms with E-state index < -0.39 is 0 Å². The highest BCUT2D eigenvalue weighted by Gasteiger charge is 2.16. The van der Waals surface area contributed by atoms with Gasteiger partial charge in [-0.1, -0.05) is 66.7 Å². The molecule has 0 radical (unpaired) electrons. The molecule has 0 aliphatic heterocycles. The van der Waals surface area contributed by atoms with Crippen LogP contribution in [0.25, 0.3) is 66.1 Å². The third-order valence-corrected chi connectivity index (χ3v) is 8.15. The average Bonchev–Trinajstić information content (AvgIpc) is 3.57. The van der Waals surface area contributed by atoms with E-state index in [9.17, 15) is 10.5 Å². The van der Waals surface area contributed by atoms with Crippen molar-refractivity contribution in [3.63, 3.8) is 0 Å². The lowest BCUT2D eigenvalue weighted by molar-refractivity contribution is 1.17. The van der Waals surface area contributed by atoms with Crippen LogP contribution in [-0.2, 0) is 0 Å². The Kier molecular flexibility index (Phi) is 5.22. The zero-order valence-electron chi connectivity index (χ0n) is 22.5. The summed E-state index contributed by atoms with van der Waals surface area (Å²) in [5.74, 6) is 0. The number of aromatic nitrogens is 2. The van der Waals surface area contributed by atoms with E-state index in [1.165, 1.54) is 21.8 Å². The molecule has 0 spiro atoms. The molecule has 0 atom stereocenters. The minimum atomic E-state index is 0.603. The van der Waals surface area contributed by atoms with E-state index in [0.29, 0.717) is 11.1 Å². The van der Waals surface area contributed by atoms with Gasteiger partial charge < -0.3 is 9.13 Å². The predicted octanol–water partition coefficient (Wildman–Crippen LogP) is 9.29. The standard InChI is InChI=1S/C38H22N4/c39-23-25-7-5-9-29(19-25)42-37-18-15-26(24-40)20-34(37)33-17-16-28(22-38(33)42)27-8-6-10-30(21-27)41-35-13-3-1-11-31(35)32-12-2-4-14-36(32)41/h1-22H. The van der Waals surface area contributed by atoms with E-state index >= 15 is 0 Å². The molecule has 8 aromatic rings. The first-order chi connectivity index (χ1) is 20.7. The molecule has 42 heavy (non-hydrogen) atoms. The highest BCUT2D eigenvalue weighted by molar-refractivity contribution is 6.11. The molecule has 0 unspecified atom stereocenters. The Morgan fingerprint density at radius 3 is 1.69 bits per heavy atom.